The lowest BCUT2D eigenvalue weighted by molar-refractivity contribution is -0.289. The molecule has 1 aromatic rings. The summed E-state index contributed by atoms with van der Waals surface area (Å²) in [6.45, 7) is 0. The van der Waals surface area contributed by atoms with Gasteiger partial charge in [-0.15, -0.1) is 0 Å². The summed E-state index contributed by atoms with van der Waals surface area (Å²) in [6, 6.07) is 1.62. The molecule has 0 atom stereocenters. The Hall–Kier alpha value is -0.980. The number of H-pyrrole nitrogens is 1. The average Bonchev–Trinajstić information content (AvgIpc) is 2.03. The predicted molar refractivity (Wildman–Crippen MR) is 41.6 cm³/mol. The molecule has 1 rings (SSSR count). The third-order valence-corrected chi connectivity index (χ3v) is 1.76. The van der Waals surface area contributed by atoms with Gasteiger partial charge >= 0.3 is 12.1 Å². The molecular formula is C7H4F5NS. The number of hydrogen-bond donors (Lipinski definition) is 1. The molecule has 0 aromatic carbocycles. The van der Waals surface area contributed by atoms with Crippen LogP contribution in [0.15, 0.2) is 18.3 Å². The molecule has 0 bridgehead atoms. The molecule has 0 amide bonds. The van der Waals surface area contributed by atoms with E-state index in [0.717, 1.165) is 6.07 Å². The van der Waals surface area contributed by atoms with Gasteiger partial charge in [-0.3, -0.25) is 0 Å². The number of rotatable bonds is 1. The summed E-state index contributed by atoms with van der Waals surface area (Å²) < 4.78 is 60.8. The van der Waals surface area contributed by atoms with E-state index in [1.807, 2.05) is 0 Å². The highest BCUT2D eigenvalue weighted by Gasteiger charge is 2.58. The highest BCUT2D eigenvalue weighted by molar-refractivity contribution is 7.71. The van der Waals surface area contributed by atoms with Crippen LogP contribution < -0.4 is 0 Å². The maximum absolute atomic E-state index is 12.6. The third-order valence-electron chi connectivity index (χ3n) is 1.50. The normalized spacial score (nSPS) is 12.9. The van der Waals surface area contributed by atoms with E-state index in [-0.39, 0.29) is 4.64 Å². The zero-order valence-electron chi connectivity index (χ0n) is 6.53. The smallest absolute Gasteiger partial charge is 0.352 e. The van der Waals surface area contributed by atoms with Crippen LogP contribution in [0.1, 0.15) is 5.56 Å². The topological polar surface area (TPSA) is 15.8 Å². The molecule has 0 aliphatic heterocycles. The van der Waals surface area contributed by atoms with Crippen LogP contribution in [0.2, 0.25) is 0 Å². The third kappa shape index (κ3) is 1.92. The lowest BCUT2D eigenvalue weighted by Gasteiger charge is -2.19. The van der Waals surface area contributed by atoms with Crippen molar-refractivity contribution in [1.29, 1.82) is 0 Å². The number of alkyl halides is 5. The van der Waals surface area contributed by atoms with Crippen LogP contribution in [0.3, 0.4) is 0 Å². The highest BCUT2D eigenvalue weighted by atomic mass is 32.1. The lowest BCUT2D eigenvalue weighted by Crippen LogP contribution is -2.33. The van der Waals surface area contributed by atoms with Crippen LogP contribution in [-0.2, 0) is 5.92 Å². The number of aromatic nitrogens is 1. The molecule has 1 nitrogen and oxygen atoms in total. The van der Waals surface area contributed by atoms with Crippen molar-refractivity contribution >= 4 is 12.2 Å². The van der Waals surface area contributed by atoms with E-state index < -0.39 is 17.7 Å². The van der Waals surface area contributed by atoms with Gasteiger partial charge in [-0.2, -0.15) is 22.0 Å². The Morgan fingerprint density at radius 2 is 1.64 bits per heavy atom. The summed E-state index contributed by atoms with van der Waals surface area (Å²) in [5, 5.41) is 0. The second-order valence-electron chi connectivity index (χ2n) is 2.51. The zero-order chi connectivity index (χ0) is 11.0. The second kappa shape index (κ2) is 3.30. The van der Waals surface area contributed by atoms with E-state index in [9.17, 15) is 22.0 Å². The van der Waals surface area contributed by atoms with E-state index in [1.165, 1.54) is 0 Å². The number of aromatic amines is 1. The molecule has 0 aliphatic rings. The van der Waals surface area contributed by atoms with Crippen molar-refractivity contribution in [3.63, 3.8) is 0 Å². The van der Waals surface area contributed by atoms with E-state index in [4.69, 9.17) is 0 Å². The monoisotopic (exact) mass is 229 g/mol. The van der Waals surface area contributed by atoms with Crippen LogP contribution in [-0.4, -0.2) is 11.2 Å². The zero-order valence-corrected chi connectivity index (χ0v) is 7.35. The van der Waals surface area contributed by atoms with E-state index in [2.05, 4.69) is 17.2 Å². The molecule has 78 valence electrons. The molecule has 0 fully saturated rings. The van der Waals surface area contributed by atoms with E-state index in [0.29, 0.717) is 12.3 Å². The van der Waals surface area contributed by atoms with Gasteiger partial charge in [0.15, 0.2) is 0 Å². The molecule has 0 saturated carbocycles. The first-order valence-electron chi connectivity index (χ1n) is 3.39. The summed E-state index contributed by atoms with van der Waals surface area (Å²) in [6.07, 6.45) is -5.04. The minimum atomic E-state index is -5.59. The Labute approximate surface area is 80.6 Å². The summed E-state index contributed by atoms with van der Waals surface area (Å²) >= 11 is 4.51. The van der Waals surface area contributed by atoms with Gasteiger partial charge in [0.25, 0.3) is 0 Å². The van der Waals surface area contributed by atoms with Crippen molar-refractivity contribution in [2.24, 2.45) is 0 Å². The Bertz CT molecular complexity index is 360. The first-order valence-corrected chi connectivity index (χ1v) is 3.80. The van der Waals surface area contributed by atoms with Gasteiger partial charge in [0.05, 0.1) is 0 Å². The Kier molecular flexibility index (Phi) is 2.62. The minimum Gasteiger partial charge on any atom is -0.352 e. The number of hydrogen-bond acceptors (Lipinski definition) is 1. The van der Waals surface area contributed by atoms with Gasteiger partial charge in [-0.05, 0) is 12.1 Å². The summed E-state index contributed by atoms with van der Waals surface area (Å²) in [7, 11) is 0. The maximum atomic E-state index is 12.6. The van der Waals surface area contributed by atoms with Crippen molar-refractivity contribution < 1.29 is 22.0 Å². The number of halogens is 5. The fourth-order valence-corrected chi connectivity index (χ4v) is 0.897. The SMILES string of the molecule is FC(F)(F)C(F)(F)c1ccc(=S)[nH]c1. The quantitative estimate of drug-likeness (QED) is 0.576. The standard InChI is InChI=1S/C7H4F5NS/c8-6(9,7(10,11)12)4-1-2-5(14)13-3-4/h1-3H,(H,13,14). The second-order valence-corrected chi connectivity index (χ2v) is 2.95. The van der Waals surface area contributed by atoms with Gasteiger partial charge in [0, 0.05) is 11.8 Å². The summed E-state index contributed by atoms with van der Waals surface area (Å²) in [5.74, 6) is -4.85. The van der Waals surface area contributed by atoms with Gasteiger partial charge < -0.3 is 4.98 Å². The molecule has 0 saturated heterocycles. The molecule has 1 heterocycles. The summed E-state index contributed by atoms with van der Waals surface area (Å²) in [5.41, 5.74) is -1.15. The van der Waals surface area contributed by atoms with Gasteiger partial charge in [-0.1, -0.05) is 12.2 Å². The first kappa shape index (κ1) is 11.1. The van der Waals surface area contributed by atoms with Crippen LogP contribution in [0.5, 0.6) is 0 Å². The Morgan fingerprint density at radius 1 is 1.07 bits per heavy atom. The molecule has 0 radical (unpaired) electrons. The first-order chi connectivity index (χ1) is 6.25. The molecule has 1 aromatic heterocycles. The molecule has 0 unspecified atom stereocenters. The van der Waals surface area contributed by atoms with Crippen molar-refractivity contribution in [2.45, 2.75) is 12.1 Å². The van der Waals surface area contributed by atoms with Gasteiger partial charge in [-0.25, -0.2) is 0 Å². The molecule has 0 aliphatic carbocycles. The Morgan fingerprint density at radius 3 is 2.00 bits per heavy atom. The fraction of sp³-hybridized carbons (Fsp3) is 0.286. The summed E-state index contributed by atoms with van der Waals surface area (Å²) in [4.78, 5) is 2.11. The molecule has 14 heavy (non-hydrogen) atoms. The average molecular weight is 229 g/mol. The molecule has 1 N–H and O–H groups in total. The lowest BCUT2D eigenvalue weighted by atomic mass is 10.1. The number of nitrogens with one attached hydrogen (secondary N) is 1. The van der Waals surface area contributed by atoms with Crippen molar-refractivity contribution in [3.8, 4) is 0 Å². The van der Waals surface area contributed by atoms with Crippen LogP contribution >= 0.6 is 12.2 Å². The van der Waals surface area contributed by atoms with Crippen LogP contribution in [0.25, 0.3) is 0 Å². The molecule has 0 spiro atoms. The molecular weight excluding hydrogens is 225 g/mol. The predicted octanol–water partition coefficient (Wildman–Crippen LogP) is 3.40. The largest absolute Gasteiger partial charge is 0.458 e. The minimum absolute atomic E-state index is 0.0896. The van der Waals surface area contributed by atoms with E-state index >= 15 is 0 Å². The van der Waals surface area contributed by atoms with E-state index in [1.54, 1.807) is 0 Å². The van der Waals surface area contributed by atoms with Crippen LogP contribution in [0, 0.1) is 4.64 Å². The highest BCUT2D eigenvalue weighted by Crippen LogP contribution is 2.43. The van der Waals surface area contributed by atoms with Gasteiger partial charge in [0.2, 0.25) is 0 Å². The maximum Gasteiger partial charge on any atom is 0.458 e. The van der Waals surface area contributed by atoms with Crippen LogP contribution in [0.4, 0.5) is 22.0 Å². The Balaban J connectivity index is 3.17. The molecule has 7 heteroatoms. The van der Waals surface area contributed by atoms with Crippen molar-refractivity contribution in [1.82, 2.24) is 4.98 Å². The van der Waals surface area contributed by atoms with Crippen molar-refractivity contribution in [3.05, 3.63) is 28.5 Å². The fourth-order valence-electron chi connectivity index (χ4n) is 0.770. The number of pyridine rings is 1. The van der Waals surface area contributed by atoms with Crippen molar-refractivity contribution in [2.75, 3.05) is 0 Å². The van der Waals surface area contributed by atoms with Gasteiger partial charge in [0.1, 0.15) is 4.64 Å².